The van der Waals surface area contributed by atoms with Crippen molar-refractivity contribution in [2.45, 2.75) is 6.92 Å². The Morgan fingerprint density at radius 3 is 2.67 bits per heavy atom. The number of aryl methyl sites for hydroxylation is 1. The molecule has 6 heteroatoms. The van der Waals surface area contributed by atoms with Crippen LogP contribution in [0.3, 0.4) is 0 Å². The highest BCUT2D eigenvalue weighted by atomic mass is 19.1. The van der Waals surface area contributed by atoms with Gasteiger partial charge in [0.2, 0.25) is 6.41 Å². The number of hydrogen-bond acceptors (Lipinski definition) is 2. The maximum atomic E-state index is 13.3. The Labute approximate surface area is 121 Å². The second kappa shape index (κ2) is 5.20. The van der Waals surface area contributed by atoms with Gasteiger partial charge in [0.1, 0.15) is 5.82 Å². The second-order valence-corrected chi connectivity index (χ2v) is 5.25. The highest BCUT2D eigenvalue weighted by molar-refractivity contribution is 6.08. The zero-order valence-corrected chi connectivity index (χ0v) is 11.7. The van der Waals surface area contributed by atoms with Gasteiger partial charge in [-0.2, -0.15) is 0 Å². The van der Waals surface area contributed by atoms with Gasteiger partial charge in [0.05, 0.1) is 5.56 Å². The Morgan fingerprint density at radius 2 is 2.00 bits per heavy atom. The molecule has 2 heterocycles. The van der Waals surface area contributed by atoms with Crippen LogP contribution >= 0.6 is 0 Å². The van der Waals surface area contributed by atoms with Crippen LogP contribution in [0.2, 0.25) is 0 Å². The Morgan fingerprint density at radius 1 is 1.29 bits per heavy atom. The quantitative estimate of drug-likeness (QED) is 0.852. The summed E-state index contributed by atoms with van der Waals surface area (Å²) in [5.41, 5.74) is 1.95. The van der Waals surface area contributed by atoms with Crippen molar-refractivity contribution in [1.82, 2.24) is 14.8 Å². The van der Waals surface area contributed by atoms with E-state index in [4.69, 9.17) is 0 Å². The zero-order valence-electron chi connectivity index (χ0n) is 11.7. The Kier molecular flexibility index (Phi) is 3.37. The van der Waals surface area contributed by atoms with Crippen LogP contribution in [0.4, 0.5) is 4.39 Å². The number of aromatic amines is 1. The van der Waals surface area contributed by atoms with Crippen LogP contribution in [0.15, 0.2) is 18.2 Å². The number of nitrogens with zero attached hydrogens (tertiary/aromatic N) is 2. The summed E-state index contributed by atoms with van der Waals surface area (Å²) in [6.07, 6.45) is 0.807. The van der Waals surface area contributed by atoms with Gasteiger partial charge in [-0.3, -0.25) is 9.59 Å². The number of rotatable bonds is 2. The van der Waals surface area contributed by atoms with Gasteiger partial charge in [-0.1, -0.05) is 0 Å². The fraction of sp³-hybridized carbons (Fsp3) is 0.333. The minimum absolute atomic E-state index is 0.0732. The third kappa shape index (κ3) is 2.37. The number of amides is 2. The smallest absolute Gasteiger partial charge is 0.256 e. The van der Waals surface area contributed by atoms with E-state index in [1.807, 2.05) is 6.92 Å². The highest BCUT2D eigenvalue weighted by Gasteiger charge is 2.25. The first-order valence-corrected chi connectivity index (χ1v) is 6.86. The molecule has 1 saturated heterocycles. The number of piperazine rings is 1. The van der Waals surface area contributed by atoms with Crippen molar-refractivity contribution in [3.05, 3.63) is 35.3 Å². The fourth-order valence-electron chi connectivity index (χ4n) is 2.77. The van der Waals surface area contributed by atoms with Gasteiger partial charge >= 0.3 is 0 Å². The number of H-pyrrole nitrogens is 1. The molecule has 1 aromatic heterocycles. The second-order valence-electron chi connectivity index (χ2n) is 5.25. The largest absolute Gasteiger partial charge is 0.358 e. The summed E-state index contributed by atoms with van der Waals surface area (Å²) in [6.45, 7) is 3.94. The monoisotopic (exact) mass is 289 g/mol. The normalized spacial score (nSPS) is 15.5. The van der Waals surface area contributed by atoms with Crippen LogP contribution in [-0.4, -0.2) is 53.3 Å². The average Bonchev–Trinajstić information content (AvgIpc) is 2.81. The molecule has 5 nitrogen and oxygen atoms in total. The van der Waals surface area contributed by atoms with E-state index in [0.717, 1.165) is 17.5 Å². The zero-order chi connectivity index (χ0) is 15.0. The number of halogens is 1. The van der Waals surface area contributed by atoms with Gasteiger partial charge in [0, 0.05) is 42.8 Å². The van der Waals surface area contributed by atoms with E-state index >= 15 is 0 Å². The van der Waals surface area contributed by atoms with Crippen LogP contribution in [0.1, 0.15) is 16.1 Å². The Hall–Kier alpha value is -2.37. The van der Waals surface area contributed by atoms with E-state index in [0.29, 0.717) is 37.3 Å². The number of nitrogens with one attached hydrogen (secondary N) is 1. The number of aromatic nitrogens is 1. The summed E-state index contributed by atoms with van der Waals surface area (Å²) < 4.78 is 13.3. The van der Waals surface area contributed by atoms with E-state index in [1.165, 1.54) is 12.1 Å². The predicted octanol–water partition coefficient (Wildman–Crippen LogP) is 1.53. The van der Waals surface area contributed by atoms with E-state index in [9.17, 15) is 14.0 Å². The van der Waals surface area contributed by atoms with Gasteiger partial charge in [-0.05, 0) is 25.1 Å². The van der Waals surface area contributed by atoms with Gasteiger partial charge in [-0.15, -0.1) is 0 Å². The lowest BCUT2D eigenvalue weighted by atomic mass is 10.1. The minimum atomic E-state index is -0.331. The number of carbonyl (C=O) groups is 2. The molecule has 0 spiro atoms. The molecule has 0 bridgehead atoms. The molecule has 21 heavy (non-hydrogen) atoms. The van der Waals surface area contributed by atoms with Crippen LogP contribution in [0, 0.1) is 12.7 Å². The summed E-state index contributed by atoms with van der Waals surface area (Å²) in [4.78, 5) is 29.8. The molecule has 1 fully saturated rings. The van der Waals surface area contributed by atoms with Crippen molar-refractivity contribution in [1.29, 1.82) is 0 Å². The molecule has 0 saturated carbocycles. The van der Waals surface area contributed by atoms with E-state index in [1.54, 1.807) is 15.9 Å². The Balaban J connectivity index is 1.91. The summed E-state index contributed by atoms with van der Waals surface area (Å²) >= 11 is 0. The standard InChI is InChI=1S/C15H16FN3O2/c1-10-14(12-3-2-11(16)8-13(12)17-10)15(21)19-6-4-18(9-20)5-7-19/h2-3,8-9,17H,4-7H2,1H3. The van der Waals surface area contributed by atoms with Gasteiger partial charge in [0.25, 0.3) is 5.91 Å². The van der Waals surface area contributed by atoms with E-state index in [2.05, 4.69) is 4.98 Å². The first-order valence-electron chi connectivity index (χ1n) is 6.86. The first kappa shape index (κ1) is 13.6. The molecule has 110 valence electrons. The van der Waals surface area contributed by atoms with Crippen molar-refractivity contribution in [2.24, 2.45) is 0 Å². The molecule has 0 atom stereocenters. The molecular weight excluding hydrogens is 273 g/mol. The van der Waals surface area contributed by atoms with Crippen molar-refractivity contribution in [2.75, 3.05) is 26.2 Å². The summed E-state index contributed by atoms with van der Waals surface area (Å²) in [7, 11) is 0. The summed E-state index contributed by atoms with van der Waals surface area (Å²) in [5.74, 6) is -0.404. The lowest BCUT2D eigenvalue weighted by molar-refractivity contribution is -0.119. The van der Waals surface area contributed by atoms with Crippen LogP contribution in [0.5, 0.6) is 0 Å². The maximum Gasteiger partial charge on any atom is 0.256 e. The number of hydrogen-bond donors (Lipinski definition) is 1. The predicted molar refractivity (Wildman–Crippen MR) is 76.5 cm³/mol. The van der Waals surface area contributed by atoms with Gasteiger partial charge in [-0.25, -0.2) is 4.39 Å². The molecule has 1 aliphatic heterocycles. The number of carbonyl (C=O) groups excluding carboxylic acids is 2. The molecule has 1 N–H and O–H groups in total. The Bertz CT molecular complexity index is 702. The molecular formula is C15H16FN3O2. The van der Waals surface area contributed by atoms with Crippen molar-refractivity contribution in [3.63, 3.8) is 0 Å². The van der Waals surface area contributed by atoms with Crippen LogP contribution < -0.4 is 0 Å². The van der Waals surface area contributed by atoms with E-state index < -0.39 is 0 Å². The van der Waals surface area contributed by atoms with Crippen LogP contribution in [-0.2, 0) is 4.79 Å². The summed E-state index contributed by atoms with van der Waals surface area (Å²) in [6, 6.07) is 4.38. The molecule has 2 amide bonds. The molecule has 0 aliphatic carbocycles. The molecule has 3 rings (SSSR count). The number of benzene rings is 1. The van der Waals surface area contributed by atoms with Gasteiger partial charge < -0.3 is 14.8 Å². The SMILES string of the molecule is Cc1[nH]c2cc(F)ccc2c1C(=O)N1CCN(C=O)CC1. The molecule has 1 aliphatic rings. The topological polar surface area (TPSA) is 56.4 Å². The minimum Gasteiger partial charge on any atom is -0.358 e. The third-order valence-corrected chi connectivity index (χ3v) is 3.91. The van der Waals surface area contributed by atoms with Crippen LogP contribution in [0.25, 0.3) is 10.9 Å². The number of fused-ring (bicyclic) bond motifs is 1. The molecule has 0 unspecified atom stereocenters. The third-order valence-electron chi connectivity index (χ3n) is 3.91. The van der Waals surface area contributed by atoms with Crippen molar-refractivity contribution < 1.29 is 14.0 Å². The summed E-state index contributed by atoms with van der Waals surface area (Å²) in [5, 5.41) is 0.733. The highest BCUT2D eigenvalue weighted by Crippen LogP contribution is 2.24. The van der Waals surface area contributed by atoms with Gasteiger partial charge in [0.15, 0.2) is 0 Å². The lowest BCUT2D eigenvalue weighted by Gasteiger charge is -2.32. The first-order chi connectivity index (χ1) is 10.1. The maximum absolute atomic E-state index is 13.3. The molecule has 1 aromatic carbocycles. The molecule has 0 radical (unpaired) electrons. The average molecular weight is 289 g/mol. The van der Waals surface area contributed by atoms with E-state index in [-0.39, 0.29) is 11.7 Å². The fourth-order valence-corrected chi connectivity index (χ4v) is 2.77. The van der Waals surface area contributed by atoms with Crippen molar-refractivity contribution >= 4 is 23.2 Å². The molecule has 2 aromatic rings. The van der Waals surface area contributed by atoms with Crippen molar-refractivity contribution in [3.8, 4) is 0 Å². The lowest BCUT2D eigenvalue weighted by Crippen LogP contribution is -2.48.